The molecule has 0 atom stereocenters. The average molecular weight is 435 g/mol. The molecule has 0 saturated heterocycles. The maximum absolute atomic E-state index is 6.16. The third-order valence-corrected chi connectivity index (χ3v) is 6.33. The molecule has 5 rings (SSSR count). The minimum absolute atomic E-state index is 0.718. The van der Waals surface area contributed by atoms with Gasteiger partial charge in [0.2, 0.25) is 0 Å². The molecule has 4 N–H and O–H groups in total. The van der Waals surface area contributed by atoms with E-state index in [1.54, 1.807) is 0 Å². The molecule has 0 aliphatic rings. The van der Waals surface area contributed by atoms with Crippen molar-refractivity contribution in [2.75, 3.05) is 13.1 Å². The summed E-state index contributed by atoms with van der Waals surface area (Å²) in [7, 11) is 0. The quantitative estimate of drug-likeness (QED) is 0.285. The number of aryl methyl sites for hydroxylation is 2. The van der Waals surface area contributed by atoms with Crippen LogP contribution in [0.4, 0.5) is 0 Å². The molecule has 0 aliphatic carbocycles. The zero-order chi connectivity index (χ0) is 22.6. The van der Waals surface area contributed by atoms with Gasteiger partial charge in [-0.3, -0.25) is 0 Å². The Morgan fingerprint density at radius 1 is 0.515 bits per heavy atom. The molecular formula is C30H30N2O. The lowest BCUT2D eigenvalue weighted by atomic mass is 9.97. The Kier molecular flexibility index (Phi) is 6.25. The van der Waals surface area contributed by atoms with E-state index in [1.165, 1.54) is 33.4 Å². The van der Waals surface area contributed by atoms with Crippen molar-refractivity contribution in [1.29, 1.82) is 0 Å². The molecule has 0 fully saturated rings. The number of hydrogen-bond donors (Lipinski definition) is 2. The van der Waals surface area contributed by atoms with Crippen molar-refractivity contribution in [3.8, 4) is 22.3 Å². The highest BCUT2D eigenvalue weighted by molar-refractivity contribution is 6.07. The van der Waals surface area contributed by atoms with Crippen molar-refractivity contribution in [1.82, 2.24) is 0 Å². The van der Waals surface area contributed by atoms with E-state index < -0.39 is 0 Å². The lowest BCUT2D eigenvalue weighted by Gasteiger charge is -2.06. The summed E-state index contributed by atoms with van der Waals surface area (Å²) in [4.78, 5) is 0. The van der Waals surface area contributed by atoms with Crippen LogP contribution in [0, 0.1) is 0 Å². The van der Waals surface area contributed by atoms with Gasteiger partial charge in [0.05, 0.1) is 0 Å². The Morgan fingerprint density at radius 3 is 1.42 bits per heavy atom. The van der Waals surface area contributed by atoms with E-state index in [0.29, 0.717) is 0 Å². The van der Waals surface area contributed by atoms with Gasteiger partial charge in [-0.1, -0.05) is 60.7 Å². The fraction of sp³-hybridized carbons (Fsp3) is 0.200. The average Bonchev–Trinajstić information content (AvgIpc) is 3.23. The fourth-order valence-electron chi connectivity index (χ4n) is 4.56. The van der Waals surface area contributed by atoms with Gasteiger partial charge in [0, 0.05) is 10.8 Å². The first kappa shape index (κ1) is 21.4. The maximum atomic E-state index is 6.16. The van der Waals surface area contributed by atoms with Crippen LogP contribution in [-0.4, -0.2) is 13.1 Å². The van der Waals surface area contributed by atoms with Crippen LogP contribution in [0.5, 0.6) is 0 Å². The molecule has 0 radical (unpaired) electrons. The first-order chi connectivity index (χ1) is 16.2. The van der Waals surface area contributed by atoms with Gasteiger partial charge in [0.1, 0.15) is 11.2 Å². The summed E-state index contributed by atoms with van der Waals surface area (Å²) in [5.74, 6) is 0. The van der Waals surface area contributed by atoms with E-state index in [1.807, 2.05) is 0 Å². The van der Waals surface area contributed by atoms with E-state index in [-0.39, 0.29) is 0 Å². The molecule has 0 unspecified atom stereocenters. The minimum Gasteiger partial charge on any atom is -0.456 e. The molecule has 0 amide bonds. The Balaban J connectivity index is 1.55. The van der Waals surface area contributed by atoms with Crippen LogP contribution < -0.4 is 11.5 Å². The smallest absolute Gasteiger partial charge is 0.135 e. The second-order valence-electron chi connectivity index (χ2n) is 8.71. The third-order valence-electron chi connectivity index (χ3n) is 6.33. The van der Waals surface area contributed by atoms with Crippen molar-refractivity contribution in [3.05, 3.63) is 96.1 Å². The molecule has 0 bridgehead atoms. The largest absolute Gasteiger partial charge is 0.456 e. The van der Waals surface area contributed by atoms with E-state index in [0.717, 1.165) is 60.7 Å². The van der Waals surface area contributed by atoms with Crippen LogP contribution in [0.25, 0.3) is 44.2 Å². The molecule has 3 heteroatoms. The number of hydrogen-bond acceptors (Lipinski definition) is 3. The summed E-state index contributed by atoms with van der Waals surface area (Å²) in [5, 5.41) is 2.30. The normalized spacial score (nSPS) is 11.5. The molecule has 1 aromatic heterocycles. The third kappa shape index (κ3) is 4.56. The monoisotopic (exact) mass is 434 g/mol. The van der Waals surface area contributed by atoms with Crippen molar-refractivity contribution in [2.45, 2.75) is 25.7 Å². The summed E-state index contributed by atoms with van der Waals surface area (Å²) in [6, 6.07) is 30.5. The molecule has 0 saturated carbocycles. The van der Waals surface area contributed by atoms with E-state index in [4.69, 9.17) is 15.9 Å². The van der Waals surface area contributed by atoms with E-state index in [9.17, 15) is 0 Å². The summed E-state index contributed by atoms with van der Waals surface area (Å²) >= 11 is 0. The maximum Gasteiger partial charge on any atom is 0.135 e. The van der Waals surface area contributed by atoms with E-state index in [2.05, 4.69) is 84.9 Å². The number of furan rings is 1. The molecule has 0 aliphatic heterocycles. The van der Waals surface area contributed by atoms with Crippen LogP contribution in [0.15, 0.2) is 89.3 Å². The van der Waals surface area contributed by atoms with Crippen molar-refractivity contribution >= 4 is 21.9 Å². The second-order valence-corrected chi connectivity index (χ2v) is 8.71. The van der Waals surface area contributed by atoms with Crippen LogP contribution in [-0.2, 0) is 12.8 Å². The van der Waals surface area contributed by atoms with Gasteiger partial charge in [0.15, 0.2) is 0 Å². The summed E-state index contributed by atoms with van der Waals surface area (Å²) in [5.41, 5.74) is 20.7. The summed E-state index contributed by atoms with van der Waals surface area (Å²) in [6.45, 7) is 1.44. The van der Waals surface area contributed by atoms with Crippen LogP contribution in [0.1, 0.15) is 24.0 Å². The predicted molar refractivity (Wildman–Crippen MR) is 139 cm³/mol. The van der Waals surface area contributed by atoms with Gasteiger partial charge in [-0.15, -0.1) is 0 Å². The van der Waals surface area contributed by atoms with Gasteiger partial charge in [-0.05, 0) is 96.4 Å². The minimum atomic E-state index is 0.718. The SMILES string of the molecule is NCCCc1cccc(-c2ccc3oc4ccc(-c5cccc(CCCN)c5)cc4c3c2)c1. The highest BCUT2D eigenvalue weighted by Gasteiger charge is 2.11. The van der Waals surface area contributed by atoms with Crippen molar-refractivity contribution in [3.63, 3.8) is 0 Å². The molecule has 1 heterocycles. The van der Waals surface area contributed by atoms with Crippen LogP contribution >= 0.6 is 0 Å². The first-order valence-corrected chi connectivity index (χ1v) is 11.8. The van der Waals surface area contributed by atoms with Crippen LogP contribution in [0.3, 0.4) is 0 Å². The van der Waals surface area contributed by atoms with E-state index >= 15 is 0 Å². The lowest BCUT2D eigenvalue weighted by molar-refractivity contribution is 0.669. The van der Waals surface area contributed by atoms with Gasteiger partial charge in [0.25, 0.3) is 0 Å². The highest BCUT2D eigenvalue weighted by atomic mass is 16.3. The van der Waals surface area contributed by atoms with Gasteiger partial charge >= 0.3 is 0 Å². The topological polar surface area (TPSA) is 65.2 Å². The summed E-state index contributed by atoms with van der Waals surface area (Å²) < 4.78 is 6.16. The van der Waals surface area contributed by atoms with Gasteiger partial charge < -0.3 is 15.9 Å². The standard InChI is InChI=1S/C30H30N2O/c31-15-3-7-21-5-1-9-23(17-21)25-11-13-29-27(19-25)28-20-26(12-14-30(28)33-29)24-10-2-6-22(18-24)8-4-16-32/h1-2,5-6,9-14,17-20H,3-4,7-8,15-16,31-32H2. The summed E-state index contributed by atoms with van der Waals surface area (Å²) in [6.07, 6.45) is 4.03. The first-order valence-electron chi connectivity index (χ1n) is 11.8. The Bertz CT molecular complexity index is 1290. The molecule has 4 aromatic carbocycles. The van der Waals surface area contributed by atoms with Gasteiger partial charge in [-0.25, -0.2) is 0 Å². The zero-order valence-electron chi connectivity index (χ0n) is 18.9. The lowest BCUT2D eigenvalue weighted by Crippen LogP contribution is -2.00. The zero-order valence-corrected chi connectivity index (χ0v) is 18.9. The molecular weight excluding hydrogens is 404 g/mol. The van der Waals surface area contributed by atoms with Crippen molar-refractivity contribution < 1.29 is 4.42 Å². The number of benzene rings is 4. The Morgan fingerprint density at radius 2 is 0.970 bits per heavy atom. The Hall–Kier alpha value is -3.40. The van der Waals surface area contributed by atoms with Crippen LogP contribution in [0.2, 0.25) is 0 Å². The second kappa shape index (κ2) is 9.62. The number of nitrogens with two attached hydrogens (primary N) is 2. The molecule has 33 heavy (non-hydrogen) atoms. The highest BCUT2D eigenvalue weighted by Crippen LogP contribution is 2.35. The number of fused-ring (bicyclic) bond motifs is 3. The predicted octanol–water partition coefficient (Wildman–Crippen LogP) is 6.70. The van der Waals surface area contributed by atoms with Crippen molar-refractivity contribution in [2.24, 2.45) is 11.5 Å². The van der Waals surface area contributed by atoms with Gasteiger partial charge in [-0.2, -0.15) is 0 Å². The molecule has 3 nitrogen and oxygen atoms in total. The number of rotatable bonds is 8. The Labute approximate surface area is 195 Å². The molecule has 166 valence electrons. The molecule has 5 aromatic rings. The molecule has 0 spiro atoms. The fourth-order valence-corrected chi connectivity index (χ4v) is 4.56.